The summed E-state index contributed by atoms with van der Waals surface area (Å²) < 4.78 is 68.7. The van der Waals surface area contributed by atoms with Gasteiger partial charge < -0.3 is 19.5 Å². The zero-order valence-corrected chi connectivity index (χ0v) is 22.2. The van der Waals surface area contributed by atoms with Crippen molar-refractivity contribution in [2.75, 3.05) is 50.1 Å². The Bertz CT molecular complexity index is 1310. The average Bonchev–Trinajstić information content (AvgIpc) is 3.56. The molecule has 0 aliphatic carbocycles. The summed E-state index contributed by atoms with van der Waals surface area (Å²) in [7, 11) is -7.03. The van der Waals surface area contributed by atoms with Gasteiger partial charge in [0.1, 0.15) is 12.4 Å². The first kappa shape index (κ1) is 27.0. The zero-order valence-electron chi connectivity index (χ0n) is 20.6. The van der Waals surface area contributed by atoms with Crippen LogP contribution in [0.2, 0.25) is 0 Å². The maximum atomic E-state index is 12.6. The minimum atomic E-state index is -3.56. The summed E-state index contributed by atoms with van der Waals surface area (Å²) in [6, 6.07) is 11.1. The third-order valence-corrected chi connectivity index (χ3v) is 9.14. The van der Waals surface area contributed by atoms with Crippen LogP contribution < -0.4 is 23.8 Å². The second kappa shape index (κ2) is 11.6. The molecule has 0 aromatic heterocycles. The first-order valence-electron chi connectivity index (χ1n) is 12.0. The molecule has 0 atom stereocenters. The van der Waals surface area contributed by atoms with Gasteiger partial charge in [-0.25, -0.2) is 16.8 Å². The molecule has 0 bridgehead atoms. The van der Waals surface area contributed by atoms with Crippen molar-refractivity contribution in [3.05, 3.63) is 42.5 Å². The number of nitrogens with one attached hydrogen (secondary N) is 1. The summed E-state index contributed by atoms with van der Waals surface area (Å²) in [6.07, 6.45) is 3.33. The predicted octanol–water partition coefficient (Wildman–Crippen LogP) is 1.94. The van der Waals surface area contributed by atoms with Gasteiger partial charge in [-0.1, -0.05) is 0 Å². The third kappa shape index (κ3) is 6.84. The number of sulfonamides is 2. The van der Waals surface area contributed by atoms with Crippen molar-refractivity contribution in [2.24, 2.45) is 0 Å². The Morgan fingerprint density at radius 2 is 1.73 bits per heavy atom. The van der Waals surface area contributed by atoms with E-state index in [1.807, 2.05) is 0 Å². The van der Waals surface area contributed by atoms with Crippen molar-refractivity contribution >= 4 is 31.6 Å². The van der Waals surface area contributed by atoms with Crippen LogP contribution in [0.3, 0.4) is 0 Å². The van der Waals surface area contributed by atoms with Gasteiger partial charge in [0.05, 0.1) is 23.4 Å². The molecule has 2 heterocycles. The molecular formula is C24H31N3O8S2. The van der Waals surface area contributed by atoms with Crippen LogP contribution >= 0.6 is 0 Å². The topological polar surface area (TPSA) is 132 Å². The van der Waals surface area contributed by atoms with Crippen molar-refractivity contribution in [1.29, 1.82) is 0 Å². The van der Waals surface area contributed by atoms with Crippen molar-refractivity contribution in [2.45, 2.75) is 30.6 Å². The van der Waals surface area contributed by atoms with E-state index in [1.165, 1.54) is 20.7 Å². The standard InChI is InChI=1S/C24H31N3O8S2/c1-36(29,30)27(19-6-11-22-23(17-19)35-18-34-22)15-4-5-24(28)25-12-16-33-20-7-9-21(10-8-20)37(31,32)26-13-2-3-14-26/h6-11,17H,2-5,12-16,18H2,1H3,(H,25,28). The van der Waals surface area contributed by atoms with Crippen LogP contribution in [0.25, 0.3) is 0 Å². The first-order chi connectivity index (χ1) is 17.6. The molecule has 0 saturated carbocycles. The minimum absolute atomic E-state index is 0.0908. The van der Waals surface area contributed by atoms with Gasteiger partial charge in [-0.3, -0.25) is 9.10 Å². The minimum Gasteiger partial charge on any atom is -0.492 e. The summed E-state index contributed by atoms with van der Waals surface area (Å²) in [6.45, 7) is 1.78. The van der Waals surface area contributed by atoms with E-state index in [-0.39, 0.29) is 43.7 Å². The molecule has 0 radical (unpaired) electrons. The van der Waals surface area contributed by atoms with Crippen molar-refractivity contribution in [1.82, 2.24) is 9.62 Å². The Morgan fingerprint density at radius 3 is 2.43 bits per heavy atom. The number of carbonyl (C=O) groups excluding carboxylic acids is 1. The molecular weight excluding hydrogens is 522 g/mol. The van der Waals surface area contributed by atoms with Crippen molar-refractivity contribution in [3.63, 3.8) is 0 Å². The highest BCUT2D eigenvalue weighted by Crippen LogP contribution is 2.36. The van der Waals surface area contributed by atoms with Crippen LogP contribution in [0.1, 0.15) is 25.7 Å². The molecule has 1 amide bonds. The van der Waals surface area contributed by atoms with Gasteiger partial charge in [-0.05, 0) is 55.7 Å². The Labute approximate surface area is 217 Å². The Kier molecular flexibility index (Phi) is 8.45. The fourth-order valence-electron chi connectivity index (χ4n) is 4.14. The molecule has 2 aliphatic heterocycles. The maximum Gasteiger partial charge on any atom is 0.243 e. The molecule has 11 nitrogen and oxygen atoms in total. The van der Waals surface area contributed by atoms with E-state index in [9.17, 15) is 21.6 Å². The van der Waals surface area contributed by atoms with Crippen LogP contribution in [-0.2, 0) is 24.8 Å². The SMILES string of the molecule is CS(=O)(=O)N(CCCC(=O)NCCOc1ccc(S(=O)(=O)N2CCCC2)cc1)c1ccc2c(c1)OCO2. The van der Waals surface area contributed by atoms with E-state index in [0.717, 1.165) is 19.1 Å². The van der Waals surface area contributed by atoms with Gasteiger partial charge in [0.25, 0.3) is 0 Å². The average molecular weight is 554 g/mol. The van der Waals surface area contributed by atoms with Crippen molar-refractivity contribution in [3.8, 4) is 17.2 Å². The molecule has 2 aliphatic rings. The van der Waals surface area contributed by atoms with Gasteiger partial charge in [0.2, 0.25) is 32.7 Å². The molecule has 1 fully saturated rings. The highest BCUT2D eigenvalue weighted by molar-refractivity contribution is 7.92. The fraction of sp³-hybridized carbons (Fsp3) is 0.458. The summed E-state index contributed by atoms with van der Waals surface area (Å²) >= 11 is 0. The predicted molar refractivity (Wildman–Crippen MR) is 137 cm³/mol. The van der Waals surface area contributed by atoms with E-state index >= 15 is 0 Å². The second-order valence-electron chi connectivity index (χ2n) is 8.76. The number of hydrogen-bond donors (Lipinski definition) is 1. The number of anilines is 1. The van der Waals surface area contributed by atoms with Crippen LogP contribution in [0.15, 0.2) is 47.4 Å². The van der Waals surface area contributed by atoms with Gasteiger partial charge in [-0.2, -0.15) is 4.31 Å². The molecule has 4 rings (SSSR count). The summed E-state index contributed by atoms with van der Waals surface area (Å²) in [5.41, 5.74) is 0.444. The number of fused-ring (bicyclic) bond motifs is 1. The van der Waals surface area contributed by atoms with Crippen LogP contribution in [0.5, 0.6) is 17.2 Å². The Balaban J connectivity index is 1.19. The lowest BCUT2D eigenvalue weighted by Gasteiger charge is -2.22. The highest BCUT2D eigenvalue weighted by Gasteiger charge is 2.27. The number of ether oxygens (including phenoxy) is 3. The van der Waals surface area contributed by atoms with Gasteiger partial charge in [0.15, 0.2) is 11.5 Å². The monoisotopic (exact) mass is 553 g/mol. The lowest BCUT2D eigenvalue weighted by Crippen LogP contribution is -2.32. The van der Waals surface area contributed by atoms with Crippen molar-refractivity contribution < 1.29 is 35.8 Å². The van der Waals surface area contributed by atoms with E-state index in [0.29, 0.717) is 42.4 Å². The zero-order chi connectivity index (χ0) is 26.5. The molecule has 2 aromatic carbocycles. The number of hydrogen-bond acceptors (Lipinski definition) is 8. The summed E-state index contributed by atoms with van der Waals surface area (Å²) in [5, 5.41) is 2.74. The second-order valence-corrected chi connectivity index (χ2v) is 12.6. The normalized spacial score (nSPS) is 15.5. The van der Waals surface area contributed by atoms with Gasteiger partial charge in [-0.15, -0.1) is 0 Å². The number of amides is 1. The number of benzene rings is 2. The summed E-state index contributed by atoms with van der Waals surface area (Å²) in [5.74, 6) is 1.31. The lowest BCUT2D eigenvalue weighted by molar-refractivity contribution is -0.121. The number of rotatable bonds is 12. The maximum absolute atomic E-state index is 12.6. The highest BCUT2D eigenvalue weighted by atomic mass is 32.2. The molecule has 0 unspecified atom stereocenters. The largest absolute Gasteiger partial charge is 0.492 e. The smallest absolute Gasteiger partial charge is 0.243 e. The van der Waals surface area contributed by atoms with E-state index in [2.05, 4.69) is 5.32 Å². The molecule has 13 heteroatoms. The molecule has 0 spiro atoms. The Hall–Kier alpha value is -3.03. The molecule has 37 heavy (non-hydrogen) atoms. The number of carbonyl (C=O) groups is 1. The van der Waals surface area contributed by atoms with Gasteiger partial charge in [0, 0.05) is 32.1 Å². The first-order valence-corrected chi connectivity index (χ1v) is 15.3. The third-order valence-electron chi connectivity index (χ3n) is 6.03. The van der Waals surface area contributed by atoms with E-state index in [4.69, 9.17) is 14.2 Å². The Morgan fingerprint density at radius 1 is 1.03 bits per heavy atom. The molecule has 1 saturated heterocycles. The molecule has 2 aromatic rings. The number of nitrogens with zero attached hydrogens (tertiary/aromatic N) is 2. The van der Waals surface area contributed by atoms with Gasteiger partial charge >= 0.3 is 0 Å². The van der Waals surface area contributed by atoms with Crippen LogP contribution in [0, 0.1) is 0 Å². The fourth-order valence-corrected chi connectivity index (χ4v) is 6.62. The van der Waals surface area contributed by atoms with Crippen LogP contribution in [0.4, 0.5) is 5.69 Å². The molecule has 1 N–H and O–H groups in total. The molecule has 202 valence electrons. The van der Waals surface area contributed by atoms with Crippen LogP contribution in [-0.4, -0.2) is 72.9 Å². The quantitative estimate of drug-likeness (QED) is 0.395. The summed E-state index contributed by atoms with van der Waals surface area (Å²) in [4.78, 5) is 12.4. The lowest BCUT2D eigenvalue weighted by atomic mass is 10.2. The van der Waals surface area contributed by atoms with E-state index < -0.39 is 20.0 Å². The van der Waals surface area contributed by atoms with E-state index in [1.54, 1.807) is 30.3 Å².